The van der Waals surface area contributed by atoms with Crippen molar-refractivity contribution in [2.24, 2.45) is 11.5 Å². The van der Waals surface area contributed by atoms with E-state index in [9.17, 15) is 9.59 Å². The highest BCUT2D eigenvalue weighted by molar-refractivity contribution is 6.34. The topological polar surface area (TPSA) is 107 Å². The number of ether oxygens (including phenoxy) is 1. The van der Waals surface area contributed by atoms with Gasteiger partial charge in [0.15, 0.2) is 0 Å². The van der Waals surface area contributed by atoms with Crippen molar-refractivity contribution in [2.75, 3.05) is 26.3 Å². The summed E-state index contributed by atoms with van der Waals surface area (Å²) >= 11 is 0. The smallest absolute Gasteiger partial charge is 0.309 e. The van der Waals surface area contributed by atoms with E-state index in [2.05, 4.69) is 17.5 Å². The number of rotatable bonds is 16. The van der Waals surface area contributed by atoms with E-state index in [1.807, 2.05) is 0 Å². The molecule has 0 aromatic carbocycles. The molecule has 0 aliphatic rings. The first-order chi connectivity index (χ1) is 11.7. The van der Waals surface area contributed by atoms with E-state index in [1.54, 1.807) is 0 Å². The van der Waals surface area contributed by atoms with E-state index in [4.69, 9.17) is 16.2 Å². The second-order valence-corrected chi connectivity index (χ2v) is 5.90. The molecule has 24 heavy (non-hydrogen) atoms. The van der Waals surface area contributed by atoms with Crippen molar-refractivity contribution in [3.05, 3.63) is 12.2 Å². The summed E-state index contributed by atoms with van der Waals surface area (Å²) in [5.41, 5.74) is 10.2. The lowest BCUT2D eigenvalue weighted by atomic mass is 10.1. The first-order valence-electron chi connectivity index (χ1n) is 9.19. The molecular weight excluding hydrogens is 306 g/mol. The van der Waals surface area contributed by atoms with E-state index in [-0.39, 0.29) is 0 Å². The Hall–Kier alpha value is -1.40. The molecule has 0 unspecified atom stereocenters. The Labute approximate surface area is 146 Å². The Bertz CT molecular complexity index is 346. The van der Waals surface area contributed by atoms with E-state index < -0.39 is 11.8 Å². The number of nitrogens with one attached hydrogen (secondary N) is 1. The minimum atomic E-state index is -0.919. The highest BCUT2D eigenvalue weighted by atomic mass is 16.5. The van der Waals surface area contributed by atoms with Gasteiger partial charge in [0.05, 0.1) is 6.61 Å². The fourth-order valence-corrected chi connectivity index (χ4v) is 2.27. The zero-order valence-corrected chi connectivity index (χ0v) is 14.9. The minimum Gasteiger partial charge on any atom is -0.380 e. The molecule has 0 atom stereocenters. The zero-order chi connectivity index (χ0) is 17.9. The predicted molar refractivity (Wildman–Crippen MR) is 97.4 cm³/mol. The Morgan fingerprint density at radius 2 is 1.42 bits per heavy atom. The number of nitrogens with two attached hydrogens (primary N) is 2. The van der Waals surface area contributed by atoms with Crippen molar-refractivity contribution in [3.63, 3.8) is 0 Å². The number of amides is 2. The fraction of sp³-hybridized carbons (Fsp3) is 0.778. The summed E-state index contributed by atoms with van der Waals surface area (Å²) in [5.74, 6) is -1.61. The van der Waals surface area contributed by atoms with Crippen LogP contribution in [0.4, 0.5) is 0 Å². The third-order valence-corrected chi connectivity index (χ3v) is 3.65. The molecule has 0 radical (unpaired) electrons. The number of unbranched alkanes of at least 4 members (excludes halogenated alkanes) is 8. The monoisotopic (exact) mass is 341 g/mol. The molecule has 0 saturated carbocycles. The molecule has 0 aromatic rings. The van der Waals surface area contributed by atoms with Crippen LogP contribution >= 0.6 is 0 Å². The minimum absolute atomic E-state index is 0.517. The molecule has 0 saturated heterocycles. The fourth-order valence-electron chi connectivity index (χ4n) is 2.27. The normalized spacial score (nSPS) is 11.0. The van der Waals surface area contributed by atoms with Gasteiger partial charge in [0.25, 0.3) is 0 Å². The summed E-state index contributed by atoms with van der Waals surface area (Å²) in [7, 11) is 0. The molecule has 2 amide bonds. The molecule has 0 aromatic heterocycles. The van der Waals surface area contributed by atoms with Gasteiger partial charge in [-0.15, -0.1) is 0 Å². The summed E-state index contributed by atoms with van der Waals surface area (Å²) < 4.78 is 5.33. The second-order valence-electron chi connectivity index (χ2n) is 5.90. The standard InChI is InChI=1S/C18H35N3O3/c19-13-16-24-15-12-10-8-6-4-2-1-3-5-7-9-11-14-21-18(23)17(20)22/h1,3H,2,4-16,19H2,(H2,20,22)(H,21,23)/b3-1-. The van der Waals surface area contributed by atoms with Crippen molar-refractivity contribution in [3.8, 4) is 0 Å². The average Bonchev–Trinajstić information content (AvgIpc) is 2.57. The Balaban J connectivity index is 3.16. The molecule has 0 aliphatic carbocycles. The van der Waals surface area contributed by atoms with E-state index in [0.29, 0.717) is 19.7 Å². The third kappa shape index (κ3) is 17.0. The van der Waals surface area contributed by atoms with Crippen molar-refractivity contribution in [1.82, 2.24) is 5.32 Å². The van der Waals surface area contributed by atoms with Crippen molar-refractivity contribution >= 4 is 11.8 Å². The van der Waals surface area contributed by atoms with Crippen LogP contribution in [0.3, 0.4) is 0 Å². The van der Waals surface area contributed by atoms with Crippen LogP contribution in [0.1, 0.15) is 64.2 Å². The summed E-state index contributed by atoms with van der Waals surface area (Å²) in [5, 5.41) is 2.49. The molecule has 5 N–H and O–H groups in total. The molecule has 140 valence electrons. The van der Waals surface area contributed by atoms with Gasteiger partial charge in [-0.1, -0.05) is 37.8 Å². The number of hydrogen-bond donors (Lipinski definition) is 3. The van der Waals surface area contributed by atoms with Crippen LogP contribution < -0.4 is 16.8 Å². The van der Waals surface area contributed by atoms with Gasteiger partial charge in [0, 0.05) is 19.7 Å². The summed E-state index contributed by atoms with van der Waals surface area (Å²) in [6, 6.07) is 0. The SMILES string of the molecule is NCCOCCCCCCC/C=C\CCCCCNC(=O)C(N)=O. The van der Waals surface area contributed by atoms with Crippen LogP contribution in [0.5, 0.6) is 0 Å². The Morgan fingerprint density at radius 1 is 0.833 bits per heavy atom. The maximum atomic E-state index is 10.9. The van der Waals surface area contributed by atoms with Crippen LogP contribution in [-0.2, 0) is 14.3 Å². The maximum Gasteiger partial charge on any atom is 0.309 e. The third-order valence-electron chi connectivity index (χ3n) is 3.65. The first kappa shape index (κ1) is 22.6. The lowest BCUT2D eigenvalue weighted by molar-refractivity contribution is -0.137. The van der Waals surface area contributed by atoms with Gasteiger partial charge >= 0.3 is 11.8 Å². The average molecular weight is 341 g/mol. The lowest BCUT2D eigenvalue weighted by Gasteiger charge is -2.02. The molecule has 0 fully saturated rings. The molecule has 0 rings (SSSR count). The number of carbonyl (C=O) groups excluding carboxylic acids is 2. The van der Waals surface area contributed by atoms with Gasteiger partial charge in [-0.2, -0.15) is 0 Å². The number of allylic oxidation sites excluding steroid dienone is 2. The number of carbonyl (C=O) groups is 2. The van der Waals surface area contributed by atoms with Crippen LogP contribution in [0, 0.1) is 0 Å². The molecule has 0 aliphatic heterocycles. The van der Waals surface area contributed by atoms with Crippen molar-refractivity contribution < 1.29 is 14.3 Å². The zero-order valence-electron chi connectivity index (χ0n) is 14.9. The summed E-state index contributed by atoms with van der Waals surface area (Å²) in [6.07, 6.45) is 15.9. The lowest BCUT2D eigenvalue weighted by Crippen LogP contribution is -2.36. The molecule has 6 nitrogen and oxygen atoms in total. The Morgan fingerprint density at radius 3 is 2.04 bits per heavy atom. The first-order valence-corrected chi connectivity index (χ1v) is 9.19. The summed E-state index contributed by atoms with van der Waals surface area (Å²) in [4.78, 5) is 21.4. The molecular formula is C18H35N3O3. The van der Waals surface area contributed by atoms with Crippen molar-refractivity contribution in [2.45, 2.75) is 64.2 Å². The second kappa shape index (κ2) is 17.9. The highest BCUT2D eigenvalue weighted by Crippen LogP contribution is 2.07. The van der Waals surface area contributed by atoms with Gasteiger partial charge in [0.1, 0.15) is 0 Å². The quantitative estimate of drug-likeness (QED) is 0.227. The van der Waals surface area contributed by atoms with Gasteiger partial charge < -0.3 is 21.5 Å². The van der Waals surface area contributed by atoms with E-state index >= 15 is 0 Å². The van der Waals surface area contributed by atoms with Gasteiger partial charge in [-0.25, -0.2) is 0 Å². The Kier molecular flexibility index (Phi) is 16.9. The van der Waals surface area contributed by atoms with Crippen molar-refractivity contribution in [1.29, 1.82) is 0 Å². The van der Waals surface area contributed by atoms with Gasteiger partial charge in [-0.3, -0.25) is 9.59 Å². The molecule has 0 heterocycles. The molecule has 0 spiro atoms. The predicted octanol–water partition coefficient (Wildman–Crippen LogP) is 2.02. The van der Waals surface area contributed by atoms with E-state index in [1.165, 1.54) is 25.7 Å². The maximum absolute atomic E-state index is 10.9. The highest BCUT2D eigenvalue weighted by Gasteiger charge is 2.05. The van der Waals surface area contributed by atoms with Gasteiger partial charge in [-0.05, 0) is 38.5 Å². The molecule has 0 bridgehead atoms. The number of primary amides is 1. The van der Waals surface area contributed by atoms with Crippen LogP contribution in [0.15, 0.2) is 12.2 Å². The van der Waals surface area contributed by atoms with Crippen LogP contribution in [0.2, 0.25) is 0 Å². The number of hydrogen-bond acceptors (Lipinski definition) is 4. The van der Waals surface area contributed by atoms with Gasteiger partial charge in [0.2, 0.25) is 0 Å². The van der Waals surface area contributed by atoms with Crippen LogP contribution in [0.25, 0.3) is 0 Å². The summed E-state index contributed by atoms with van der Waals surface area (Å²) in [6.45, 7) is 2.64. The van der Waals surface area contributed by atoms with Crippen LogP contribution in [-0.4, -0.2) is 38.1 Å². The largest absolute Gasteiger partial charge is 0.380 e. The van der Waals surface area contributed by atoms with E-state index in [0.717, 1.165) is 45.1 Å². The molecule has 6 heteroatoms.